The minimum Gasteiger partial charge on any atom is -0.478 e. The fourth-order valence-corrected chi connectivity index (χ4v) is 2.33. The third-order valence-electron chi connectivity index (χ3n) is 3.58. The second-order valence-electron chi connectivity index (χ2n) is 5.36. The van der Waals surface area contributed by atoms with E-state index >= 15 is 0 Å². The number of nitrogens with one attached hydrogen (secondary N) is 2. The number of nitro benzene ring substituents is 1. The summed E-state index contributed by atoms with van der Waals surface area (Å²) >= 11 is 0. The molecular formula is C17H17N3O5. The highest BCUT2D eigenvalue weighted by atomic mass is 16.6. The molecule has 3 N–H and O–H groups in total. The number of amides is 2. The van der Waals surface area contributed by atoms with Gasteiger partial charge in [-0.15, -0.1) is 0 Å². The van der Waals surface area contributed by atoms with Crippen molar-refractivity contribution in [1.29, 1.82) is 0 Å². The average Bonchev–Trinajstić information content (AvgIpc) is 2.55. The van der Waals surface area contributed by atoms with E-state index in [-0.39, 0.29) is 16.9 Å². The number of aryl methyl sites for hydroxylation is 1. The van der Waals surface area contributed by atoms with Crippen LogP contribution in [0.3, 0.4) is 0 Å². The Morgan fingerprint density at radius 2 is 1.84 bits per heavy atom. The molecule has 2 amide bonds. The van der Waals surface area contributed by atoms with Gasteiger partial charge in [0, 0.05) is 18.7 Å². The van der Waals surface area contributed by atoms with E-state index in [4.69, 9.17) is 0 Å². The number of non-ortho nitro benzene ring substituents is 1. The van der Waals surface area contributed by atoms with Gasteiger partial charge in [0.25, 0.3) is 5.69 Å². The van der Waals surface area contributed by atoms with E-state index in [2.05, 4.69) is 10.6 Å². The number of nitrogens with zero attached hydrogens (tertiary/aromatic N) is 1. The summed E-state index contributed by atoms with van der Waals surface area (Å²) < 4.78 is 0. The number of rotatable bonds is 6. The van der Waals surface area contributed by atoms with Crippen molar-refractivity contribution in [3.05, 3.63) is 69.3 Å². The zero-order chi connectivity index (χ0) is 18.4. The Kier molecular flexibility index (Phi) is 5.67. The quantitative estimate of drug-likeness (QED) is 0.550. The highest BCUT2D eigenvalue weighted by Crippen LogP contribution is 2.19. The predicted octanol–water partition coefficient (Wildman–Crippen LogP) is 2.97. The first-order valence-corrected chi connectivity index (χ1v) is 7.49. The molecule has 25 heavy (non-hydrogen) atoms. The topological polar surface area (TPSA) is 122 Å². The zero-order valence-corrected chi connectivity index (χ0v) is 13.5. The molecule has 8 nitrogen and oxygen atoms in total. The van der Waals surface area contributed by atoms with Crippen LogP contribution in [0.5, 0.6) is 0 Å². The number of hydrogen-bond acceptors (Lipinski definition) is 4. The van der Waals surface area contributed by atoms with E-state index in [0.717, 1.165) is 5.56 Å². The summed E-state index contributed by atoms with van der Waals surface area (Å²) in [7, 11) is 0. The molecule has 0 aromatic heterocycles. The van der Waals surface area contributed by atoms with Gasteiger partial charge in [0.05, 0.1) is 16.2 Å². The van der Waals surface area contributed by atoms with Gasteiger partial charge in [0.2, 0.25) is 0 Å². The van der Waals surface area contributed by atoms with E-state index in [0.29, 0.717) is 18.5 Å². The molecule has 0 saturated heterocycles. The lowest BCUT2D eigenvalue weighted by molar-refractivity contribution is -0.384. The van der Waals surface area contributed by atoms with Crippen molar-refractivity contribution < 1.29 is 19.6 Å². The fourth-order valence-electron chi connectivity index (χ4n) is 2.33. The molecule has 8 heteroatoms. The Labute approximate surface area is 143 Å². The van der Waals surface area contributed by atoms with E-state index < -0.39 is 16.9 Å². The van der Waals surface area contributed by atoms with Crippen LogP contribution in [0.25, 0.3) is 0 Å². The molecule has 0 heterocycles. The lowest BCUT2D eigenvalue weighted by Gasteiger charge is -2.11. The van der Waals surface area contributed by atoms with Crippen LogP contribution in [0.2, 0.25) is 0 Å². The summed E-state index contributed by atoms with van der Waals surface area (Å²) in [4.78, 5) is 33.3. The summed E-state index contributed by atoms with van der Waals surface area (Å²) in [6, 6.07) is 10.4. The van der Waals surface area contributed by atoms with Gasteiger partial charge in [-0.2, -0.15) is 0 Å². The van der Waals surface area contributed by atoms with Gasteiger partial charge < -0.3 is 15.7 Å². The average molecular weight is 343 g/mol. The number of anilines is 1. The summed E-state index contributed by atoms with van der Waals surface area (Å²) in [6.45, 7) is 1.96. The van der Waals surface area contributed by atoms with Crippen molar-refractivity contribution in [1.82, 2.24) is 5.32 Å². The van der Waals surface area contributed by atoms with Crippen LogP contribution >= 0.6 is 0 Å². The number of carboxylic acids is 1. The number of nitro groups is 1. The van der Waals surface area contributed by atoms with Gasteiger partial charge in [0.1, 0.15) is 0 Å². The molecule has 0 unspecified atom stereocenters. The Morgan fingerprint density at radius 3 is 2.44 bits per heavy atom. The molecule has 0 aliphatic heterocycles. The van der Waals surface area contributed by atoms with Crippen LogP contribution in [0, 0.1) is 17.0 Å². The monoisotopic (exact) mass is 343 g/mol. The van der Waals surface area contributed by atoms with Crippen molar-refractivity contribution in [2.75, 3.05) is 11.9 Å². The highest BCUT2D eigenvalue weighted by Gasteiger charge is 2.14. The number of hydrogen-bond donors (Lipinski definition) is 3. The first kappa shape index (κ1) is 17.9. The largest absolute Gasteiger partial charge is 0.478 e. The Balaban J connectivity index is 1.90. The highest BCUT2D eigenvalue weighted by molar-refractivity contribution is 6.01. The van der Waals surface area contributed by atoms with E-state index in [1.165, 1.54) is 18.2 Å². The Morgan fingerprint density at radius 1 is 1.16 bits per heavy atom. The van der Waals surface area contributed by atoms with Crippen molar-refractivity contribution >= 4 is 23.4 Å². The maximum absolute atomic E-state index is 11.9. The first-order chi connectivity index (χ1) is 11.9. The first-order valence-electron chi connectivity index (χ1n) is 7.49. The Bertz CT molecular complexity index is 802. The third kappa shape index (κ3) is 4.77. The summed E-state index contributed by atoms with van der Waals surface area (Å²) in [6.07, 6.45) is 0.491. The number of carbonyl (C=O) groups excluding carboxylic acids is 1. The third-order valence-corrected chi connectivity index (χ3v) is 3.58. The minimum absolute atomic E-state index is 0.00935. The molecule has 0 spiro atoms. The van der Waals surface area contributed by atoms with Crippen molar-refractivity contribution in [2.24, 2.45) is 0 Å². The molecule has 0 fully saturated rings. The van der Waals surface area contributed by atoms with E-state index in [9.17, 15) is 24.8 Å². The van der Waals surface area contributed by atoms with Crippen molar-refractivity contribution in [3.63, 3.8) is 0 Å². The fraction of sp³-hybridized carbons (Fsp3) is 0.176. The molecule has 2 rings (SSSR count). The normalized spacial score (nSPS) is 10.1. The SMILES string of the molecule is Cc1cccc(NC(=O)NCCc2ccc([N+](=O)[O-])cc2)c1C(=O)O. The lowest BCUT2D eigenvalue weighted by Crippen LogP contribution is -2.31. The number of benzene rings is 2. The van der Waals surface area contributed by atoms with Crippen molar-refractivity contribution in [2.45, 2.75) is 13.3 Å². The van der Waals surface area contributed by atoms with Crippen LogP contribution in [0.4, 0.5) is 16.2 Å². The summed E-state index contributed by atoms with van der Waals surface area (Å²) in [5.74, 6) is -1.11. The molecule has 0 atom stereocenters. The minimum atomic E-state index is -1.11. The number of urea groups is 1. The van der Waals surface area contributed by atoms with Gasteiger partial charge >= 0.3 is 12.0 Å². The van der Waals surface area contributed by atoms with Gasteiger partial charge in [-0.3, -0.25) is 10.1 Å². The van der Waals surface area contributed by atoms with Crippen LogP contribution < -0.4 is 10.6 Å². The molecule has 0 aliphatic rings. The number of aromatic carboxylic acids is 1. The van der Waals surface area contributed by atoms with Crippen LogP contribution in [0.15, 0.2) is 42.5 Å². The molecule has 0 radical (unpaired) electrons. The van der Waals surface area contributed by atoms with Gasteiger partial charge in [-0.25, -0.2) is 9.59 Å². The molecule has 130 valence electrons. The molecule has 0 saturated carbocycles. The van der Waals surface area contributed by atoms with Crippen LogP contribution in [-0.2, 0) is 6.42 Å². The second kappa shape index (κ2) is 7.91. The summed E-state index contributed by atoms with van der Waals surface area (Å²) in [5, 5.41) is 25.0. The lowest BCUT2D eigenvalue weighted by atomic mass is 10.1. The van der Waals surface area contributed by atoms with Gasteiger partial charge in [-0.1, -0.05) is 24.3 Å². The molecule has 0 aliphatic carbocycles. The standard InChI is InChI=1S/C17H17N3O5/c1-11-3-2-4-14(15(11)16(21)22)19-17(23)18-10-9-12-5-7-13(8-6-12)20(24)25/h2-8H,9-10H2,1H3,(H,21,22)(H2,18,19,23). The van der Waals surface area contributed by atoms with Crippen LogP contribution in [-0.4, -0.2) is 28.6 Å². The maximum atomic E-state index is 11.9. The van der Waals surface area contributed by atoms with Crippen LogP contribution in [0.1, 0.15) is 21.5 Å². The van der Waals surface area contributed by atoms with E-state index in [1.807, 2.05) is 0 Å². The molecule has 2 aromatic carbocycles. The van der Waals surface area contributed by atoms with Gasteiger partial charge in [-0.05, 0) is 30.5 Å². The van der Waals surface area contributed by atoms with Crippen molar-refractivity contribution in [3.8, 4) is 0 Å². The zero-order valence-electron chi connectivity index (χ0n) is 13.5. The number of carboxylic acid groups (broad SMARTS) is 1. The molecular weight excluding hydrogens is 326 g/mol. The second-order valence-corrected chi connectivity index (χ2v) is 5.36. The molecule has 2 aromatic rings. The molecule has 0 bridgehead atoms. The van der Waals surface area contributed by atoms with Gasteiger partial charge in [0.15, 0.2) is 0 Å². The Hall–Kier alpha value is -3.42. The predicted molar refractivity (Wildman–Crippen MR) is 92.0 cm³/mol. The number of carbonyl (C=O) groups is 2. The maximum Gasteiger partial charge on any atom is 0.338 e. The summed E-state index contributed by atoms with van der Waals surface area (Å²) in [5.41, 5.74) is 1.67. The van der Waals surface area contributed by atoms with E-state index in [1.54, 1.807) is 31.2 Å². The smallest absolute Gasteiger partial charge is 0.338 e.